The van der Waals surface area contributed by atoms with E-state index < -0.39 is 0 Å². The van der Waals surface area contributed by atoms with Crippen LogP contribution < -0.4 is 5.73 Å². The maximum absolute atomic E-state index is 8.82. The van der Waals surface area contributed by atoms with Crippen molar-refractivity contribution in [2.24, 2.45) is 17.9 Å². The van der Waals surface area contributed by atoms with Crippen molar-refractivity contribution in [3.05, 3.63) is 11.9 Å². The van der Waals surface area contributed by atoms with Crippen molar-refractivity contribution in [2.45, 2.75) is 25.9 Å². The SMILES string of the molecule is CCC(C(N)=NO)N1CCN(Cc2cn(C)nn2)CC1. The van der Waals surface area contributed by atoms with Gasteiger partial charge in [-0.25, -0.2) is 0 Å². The van der Waals surface area contributed by atoms with Crippen LogP contribution in [0.5, 0.6) is 0 Å². The minimum atomic E-state index is 0.0265. The van der Waals surface area contributed by atoms with Crippen molar-refractivity contribution in [3.8, 4) is 0 Å². The molecule has 3 N–H and O–H groups in total. The molecule has 1 unspecified atom stereocenters. The summed E-state index contributed by atoms with van der Waals surface area (Å²) < 4.78 is 1.72. The minimum Gasteiger partial charge on any atom is -0.409 e. The molecule has 1 aromatic rings. The molecule has 1 aliphatic rings. The molecule has 1 saturated heterocycles. The van der Waals surface area contributed by atoms with Crippen LogP contribution in [0, 0.1) is 0 Å². The highest BCUT2D eigenvalue weighted by molar-refractivity contribution is 5.85. The van der Waals surface area contributed by atoms with E-state index in [1.165, 1.54) is 0 Å². The van der Waals surface area contributed by atoms with Crippen molar-refractivity contribution in [3.63, 3.8) is 0 Å². The van der Waals surface area contributed by atoms with Crippen molar-refractivity contribution >= 4 is 5.84 Å². The summed E-state index contributed by atoms with van der Waals surface area (Å²) >= 11 is 0. The Hall–Kier alpha value is -1.67. The maximum atomic E-state index is 8.82. The Morgan fingerprint density at radius 3 is 2.65 bits per heavy atom. The number of aromatic nitrogens is 3. The Labute approximate surface area is 118 Å². The third-order valence-electron chi connectivity index (χ3n) is 3.73. The van der Waals surface area contributed by atoms with E-state index in [-0.39, 0.29) is 6.04 Å². The van der Waals surface area contributed by atoms with Crippen LogP contribution in [0.3, 0.4) is 0 Å². The van der Waals surface area contributed by atoms with Gasteiger partial charge in [0, 0.05) is 46.0 Å². The quantitative estimate of drug-likeness (QED) is 0.326. The molecule has 0 saturated carbocycles. The Kier molecular flexibility index (Phi) is 4.91. The lowest BCUT2D eigenvalue weighted by Gasteiger charge is -2.38. The number of amidine groups is 1. The summed E-state index contributed by atoms with van der Waals surface area (Å²) in [6, 6.07) is 0.0265. The Morgan fingerprint density at radius 2 is 2.15 bits per heavy atom. The molecule has 8 heteroatoms. The molecule has 2 heterocycles. The van der Waals surface area contributed by atoms with Crippen LogP contribution in [-0.4, -0.2) is 68.1 Å². The van der Waals surface area contributed by atoms with Crippen LogP contribution in [0.4, 0.5) is 0 Å². The second-order valence-electron chi connectivity index (χ2n) is 5.14. The van der Waals surface area contributed by atoms with Crippen LogP contribution in [0.1, 0.15) is 19.0 Å². The van der Waals surface area contributed by atoms with Crippen molar-refractivity contribution in [1.82, 2.24) is 24.8 Å². The number of nitrogens with two attached hydrogens (primary N) is 1. The lowest BCUT2D eigenvalue weighted by atomic mass is 10.1. The van der Waals surface area contributed by atoms with E-state index in [1.807, 2.05) is 13.2 Å². The average Bonchev–Trinajstić information content (AvgIpc) is 2.86. The van der Waals surface area contributed by atoms with Crippen molar-refractivity contribution in [2.75, 3.05) is 26.2 Å². The van der Waals surface area contributed by atoms with Gasteiger partial charge in [0.05, 0.1) is 11.7 Å². The fourth-order valence-electron chi connectivity index (χ4n) is 2.65. The lowest BCUT2D eigenvalue weighted by molar-refractivity contribution is 0.109. The molecule has 2 rings (SSSR count). The Balaban J connectivity index is 1.85. The summed E-state index contributed by atoms with van der Waals surface area (Å²) in [7, 11) is 1.87. The molecule has 1 atom stereocenters. The van der Waals surface area contributed by atoms with Gasteiger partial charge in [-0.3, -0.25) is 14.5 Å². The number of nitrogens with zero attached hydrogens (tertiary/aromatic N) is 6. The van der Waals surface area contributed by atoms with E-state index in [2.05, 4.69) is 32.2 Å². The molecular weight excluding hydrogens is 258 g/mol. The highest BCUT2D eigenvalue weighted by atomic mass is 16.4. The topological polar surface area (TPSA) is 95.8 Å². The first-order valence-electron chi connectivity index (χ1n) is 6.93. The predicted octanol–water partition coefficient (Wildman–Crippen LogP) is -0.542. The van der Waals surface area contributed by atoms with Crippen LogP contribution in [0.2, 0.25) is 0 Å². The van der Waals surface area contributed by atoms with Crippen molar-refractivity contribution < 1.29 is 5.21 Å². The van der Waals surface area contributed by atoms with Crippen LogP contribution in [-0.2, 0) is 13.6 Å². The first-order valence-corrected chi connectivity index (χ1v) is 6.93. The van der Waals surface area contributed by atoms with E-state index in [0.717, 1.165) is 44.8 Å². The number of rotatable bonds is 5. The van der Waals surface area contributed by atoms with Gasteiger partial charge in [0.2, 0.25) is 0 Å². The number of piperazine rings is 1. The molecule has 0 aromatic carbocycles. The molecule has 0 spiro atoms. The number of oxime groups is 1. The van der Waals surface area contributed by atoms with Gasteiger partial charge in [0.1, 0.15) is 0 Å². The highest BCUT2D eigenvalue weighted by Gasteiger charge is 2.25. The summed E-state index contributed by atoms with van der Waals surface area (Å²) in [6.45, 7) is 6.60. The van der Waals surface area contributed by atoms with Crippen LogP contribution >= 0.6 is 0 Å². The third kappa shape index (κ3) is 3.45. The lowest BCUT2D eigenvalue weighted by Crippen LogP contribution is -2.53. The zero-order valence-electron chi connectivity index (χ0n) is 12.1. The second kappa shape index (κ2) is 6.67. The smallest absolute Gasteiger partial charge is 0.156 e. The summed E-state index contributed by atoms with van der Waals surface area (Å²) in [5.41, 5.74) is 6.73. The zero-order valence-corrected chi connectivity index (χ0v) is 12.1. The normalized spacial score (nSPS) is 20.2. The number of aryl methyl sites for hydroxylation is 1. The molecule has 0 bridgehead atoms. The van der Waals surface area contributed by atoms with E-state index in [4.69, 9.17) is 10.9 Å². The number of hydrogen-bond acceptors (Lipinski definition) is 6. The standard InChI is InChI=1S/C12H23N7O/c1-3-11(12(13)15-20)19-6-4-18(5-7-19)9-10-8-17(2)16-14-10/h8,11,20H,3-7,9H2,1-2H3,(H2,13,15). The third-order valence-corrected chi connectivity index (χ3v) is 3.73. The van der Waals surface area contributed by atoms with E-state index in [1.54, 1.807) is 4.68 Å². The first kappa shape index (κ1) is 14.7. The molecule has 1 fully saturated rings. The fraction of sp³-hybridized carbons (Fsp3) is 0.750. The maximum Gasteiger partial charge on any atom is 0.156 e. The zero-order chi connectivity index (χ0) is 14.5. The second-order valence-corrected chi connectivity index (χ2v) is 5.14. The van der Waals surface area contributed by atoms with Gasteiger partial charge in [0.25, 0.3) is 0 Å². The van der Waals surface area contributed by atoms with Crippen LogP contribution in [0.15, 0.2) is 11.4 Å². The highest BCUT2D eigenvalue weighted by Crippen LogP contribution is 2.11. The van der Waals surface area contributed by atoms with Gasteiger partial charge in [-0.05, 0) is 6.42 Å². The summed E-state index contributed by atoms with van der Waals surface area (Å²) in [4.78, 5) is 4.61. The minimum absolute atomic E-state index is 0.0265. The molecule has 20 heavy (non-hydrogen) atoms. The van der Waals surface area contributed by atoms with Gasteiger partial charge in [-0.15, -0.1) is 5.10 Å². The first-order chi connectivity index (χ1) is 9.63. The molecule has 0 aliphatic carbocycles. The van der Waals surface area contributed by atoms with Crippen LogP contribution in [0.25, 0.3) is 0 Å². The molecule has 1 aromatic heterocycles. The fourth-order valence-corrected chi connectivity index (χ4v) is 2.65. The van der Waals surface area contributed by atoms with Crippen molar-refractivity contribution in [1.29, 1.82) is 0 Å². The molecule has 0 amide bonds. The largest absolute Gasteiger partial charge is 0.409 e. The average molecular weight is 281 g/mol. The molecule has 0 radical (unpaired) electrons. The Bertz CT molecular complexity index is 450. The van der Waals surface area contributed by atoms with Gasteiger partial charge in [0.15, 0.2) is 5.84 Å². The van der Waals surface area contributed by atoms with Gasteiger partial charge in [-0.1, -0.05) is 17.3 Å². The van der Waals surface area contributed by atoms with E-state index in [9.17, 15) is 0 Å². The summed E-state index contributed by atoms with van der Waals surface area (Å²) in [5.74, 6) is 0.301. The summed E-state index contributed by atoms with van der Waals surface area (Å²) in [6.07, 6.45) is 2.79. The Morgan fingerprint density at radius 1 is 1.45 bits per heavy atom. The molecular formula is C12H23N7O. The molecule has 1 aliphatic heterocycles. The molecule has 112 valence electrons. The monoisotopic (exact) mass is 281 g/mol. The van der Waals surface area contributed by atoms with Gasteiger partial charge < -0.3 is 10.9 Å². The van der Waals surface area contributed by atoms with Gasteiger partial charge in [-0.2, -0.15) is 0 Å². The predicted molar refractivity (Wildman–Crippen MR) is 75.3 cm³/mol. The van der Waals surface area contributed by atoms with E-state index in [0.29, 0.717) is 5.84 Å². The molecule has 8 nitrogen and oxygen atoms in total. The van der Waals surface area contributed by atoms with E-state index >= 15 is 0 Å². The summed E-state index contributed by atoms with van der Waals surface area (Å²) in [5, 5.41) is 20.0. The number of hydrogen-bond donors (Lipinski definition) is 2. The van der Waals surface area contributed by atoms with Gasteiger partial charge >= 0.3 is 0 Å².